The first-order chi connectivity index (χ1) is 15.4. The van der Waals surface area contributed by atoms with Gasteiger partial charge in [0, 0.05) is 18.2 Å². The lowest BCUT2D eigenvalue weighted by molar-refractivity contribution is -0.128. The lowest BCUT2D eigenvalue weighted by Gasteiger charge is -2.20. The first-order valence-electron chi connectivity index (χ1n) is 9.10. The molecule has 13 heteroatoms. The van der Waals surface area contributed by atoms with Gasteiger partial charge in [0.2, 0.25) is 0 Å². The number of amides is 2. The van der Waals surface area contributed by atoms with Crippen molar-refractivity contribution in [2.75, 3.05) is 12.8 Å². The van der Waals surface area contributed by atoms with Gasteiger partial charge in [-0.1, -0.05) is 18.2 Å². The summed E-state index contributed by atoms with van der Waals surface area (Å²) in [6.45, 7) is -3.21. The van der Waals surface area contributed by atoms with Crippen molar-refractivity contribution in [2.45, 2.75) is 18.4 Å². The summed E-state index contributed by atoms with van der Waals surface area (Å²) in [4.78, 5) is 25.3. The highest BCUT2D eigenvalue weighted by molar-refractivity contribution is 7.90. The fourth-order valence-electron chi connectivity index (χ4n) is 2.72. The summed E-state index contributed by atoms with van der Waals surface area (Å²) in [5.41, 5.74) is -0.524. The highest BCUT2D eigenvalue weighted by atomic mass is 32.2. The molecular formula is C20H17F4N3O5S. The van der Waals surface area contributed by atoms with Crippen LogP contribution in [0.1, 0.15) is 15.9 Å². The van der Waals surface area contributed by atoms with Crippen molar-refractivity contribution in [3.8, 4) is 11.9 Å². The molecule has 0 radical (unpaired) electrons. The second kappa shape index (κ2) is 10.8. The third-order valence-corrected chi connectivity index (χ3v) is 5.84. The van der Waals surface area contributed by atoms with Crippen LogP contribution in [0.4, 0.5) is 17.6 Å². The highest BCUT2D eigenvalue weighted by Gasteiger charge is 2.31. The van der Waals surface area contributed by atoms with Gasteiger partial charge in [-0.2, -0.15) is 14.0 Å². The number of halogens is 4. The molecule has 8 nitrogen and oxygen atoms in total. The molecular weight excluding hydrogens is 470 g/mol. The number of hydrogen-bond donors (Lipinski definition) is 1. The molecule has 2 aromatic rings. The predicted octanol–water partition coefficient (Wildman–Crippen LogP) is 2.22. The Hall–Kier alpha value is -3.66. The minimum Gasteiger partial charge on any atom is -0.435 e. The van der Waals surface area contributed by atoms with Crippen molar-refractivity contribution < 1.29 is 40.3 Å². The maximum Gasteiger partial charge on any atom is 0.387 e. The molecule has 1 unspecified atom stereocenters. The van der Waals surface area contributed by atoms with E-state index in [2.05, 4.69) is 10.1 Å². The van der Waals surface area contributed by atoms with Crippen molar-refractivity contribution >= 4 is 21.7 Å². The number of carbonyl (C=O) groups excluding carboxylic acids is 2. The zero-order chi connectivity index (χ0) is 24.8. The van der Waals surface area contributed by atoms with Crippen LogP contribution in [0.3, 0.4) is 0 Å². The number of carbonyl (C=O) groups is 2. The molecule has 0 aliphatic carbocycles. The Kier molecular flexibility index (Phi) is 8.36. The summed E-state index contributed by atoms with van der Waals surface area (Å²) in [6, 6.07) is 5.44. The van der Waals surface area contributed by atoms with E-state index in [0.29, 0.717) is 17.0 Å². The summed E-state index contributed by atoms with van der Waals surface area (Å²) < 4.78 is 81.4. The van der Waals surface area contributed by atoms with Gasteiger partial charge in [-0.05, 0) is 24.3 Å². The average Bonchev–Trinajstić information content (AvgIpc) is 2.74. The van der Waals surface area contributed by atoms with Gasteiger partial charge < -0.3 is 10.1 Å². The predicted molar refractivity (Wildman–Crippen MR) is 107 cm³/mol. The van der Waals surface area contributed by atoms with Gasteiger partial charge in [0.15, 0.2) is 27.7 Å². The van der Waals surface area contributed by atoms with Crippen LogP contribution in [0.25, 0.3) is 0 Å². The lowest BCUT2D eigenvalue weighted by Crippen LogP contribution is -2.50. The summed E-state index contributed by atoms with van der Waals surface area (Å²) in [6.07, 6.45) is 1.47. The van der Waals surface area contributed by atoms with E-state index < -0.39 is 63.0 Å². The van der Waals surface area contributed by atoms with Gasteiger partial charge in [-0.3, -0.25) is 14.5 Å². The molecule has 0 spiro atoms. The molecule has 0 aliphatic rings. The van der Waals surface area contributed by atoms with E-state index in [1.165, 1.54) is 24.4 Å². The molecule has 33 heavy (non-hydrogen) atoms. The molecule has 2 amide bonds. The number of sulfone groups is 1. The standard InChI is InChI=1S/C20H17F4N3O5S/c1-27(11-25)19(29)16(26-18(28)12-6-7-14(21)15(22)8-12)10-33(30,31)9-13-4-2-3-5-17(13)32-20(23)24/h2-8,16,20H,9-10H2,1H3,(H,26,28). The molecule has 0 heterocycles. The Labute approximate surface area is 186 Å². The van der Waals surface area contributed by atoms with Crippen molar-refractivity contribution in [3.63, 3.8) is 0 Å². The number of nitrogens with zero attached hydrogens (tertiary/aromatic N) is 2. The third kappa shape index (κ3) is 7.18. The minimum atomic E-state index is -4.25. The van der Waals surface area contributed by atoms with Crippen LogP contribution in [0, 0.1) is 23.1 Å². The molecule has 0 fully saturated rings. The van der Waals surface area contributed by atoms with E-state index in [4.69, 9.17) is 5.26 Å². The number of nitrogens with one attached hydrogen (secondary N) is 1. The van der Waals surface area contributed by atoms with Gasteiger partial charge in [0.1, 0.15) is 11.8 Å². The number of para-hydroxylation sites is 1. The van der Waals surface area contributed by atoms with E-state index in [0.717, 1.165) is 19.2 Å². The van der Waals surface area contributed by atoms with E-state index in [1.54, 1.807) is 0 Å². The van der Waals surface area contributed by atoms with E-state index in [1.807, 2.05) is 0 Å². The Morgan fingerprint density at radius 2 is 1.82 bits per heavy atom. The molecule has 176 valence electrons. The number of nitriles is 1. The second-order valence-electron chi connectivity index (χ2n) is 6.69. The fraction of sp³-hybridized carbons (Fsp3) is 0.250. The number of alkyl halides is 2. The fourth-order valence-corrected chi connectivity index (χ4v) is 4.28. The normalized spacial score (nSPS) is 12.0. The Morgan fingerprint density at radius 3 is 2.42 bits per heavy atom. The van der Waals surface area contributed by atoms with E-state index in [-0.39, 0.29) is 11.3 Å². The Bertz CT molecular complexity index is 1180. The quantitative estimate of drug-likeness (QED) is 0.329. The van der Waals surface area contributed by atoms with E-state index >= 15 is 0 Å². The largest absolute Gasteiger partial charge is 0.435 e. The van der Waals surface area contributed by atoms with Gasteiger partial charge >= 0.3 is 6.61 Å². The molecule has 1 atom stereocenters. The van der Waals surface area contributed by atoms with E-state index in [9.17, 15) is 35.6 Å². The zero-order valence-corrected chi connectivity index (χ0v) is 17.8. The molecule has 1 N–H and O–H groups in total. The molecule has 0 saturated carbocycles. The highest BCUT2D eigenvalue weighted by Crippen LogP contribution is 2.23. The third-order valence-electron chi connectivity index (χ3n) is 4.25. The minimum absolute atomic E-state index is 0.121. The Morgan fingerprint density at radius 1 is 1.15 bits per heavy atom. The number of hydrogen-bond acceptors (Lipinski definition) is 6. The summed E-state index contributed by atoms with van der Waals surface area (Å²) in [5.74, 6) is -7.00. The first kappa shape index (κ1) is 25.6. The van der Waals surface area contributed by atoms with Crippen LogP contribution in [0.2, 0.25) is 0 Å². The van der Waals surface area contributed by atoms with Crippen molar-refractivity contribution in [2.24, 2.45) is 0 Å². The first-order valence-corrected chi connectivity index (χ1v) is 10.9. The summed E-state index contributed by atoms with van der Waals surface area (Å²) >= 11 is 0. The number of benzene rings is 2. The number of rotatable bonds is 9. The summed E-state index contributed by atoms with van der Waals surface area (Å²) in [7, 11) is -3.23. The molecule has 0 aromatic heterocycles. The molecule has 2 rings (SSSR count). The summed E-state index contributed by atoms with van der Waals surface area (Å²) in [5, 5.41) is 11.0. The van der Waals surface area contributed by atoms with Gasteiger partial charge in [-0.15, -0.1) is 0 Å². The second-order valence-corrected chi connectivity index (χ2v) is 8.80. The van der Waals surface area contributed by atoms with Crippen LogP contribution < -0.4 is 10.1 Å². The SMILES string of the molecule is CN(C#N)C(=O)C(CS(=O)(=O)Cc1ccccc1OC(F)F)NC(=O)c1ccc(F)c(F)c1. The van der Waals surface area contributed by atoms with Crippen LogP contribution in [-0.4, -0.2) is 50.6 Å². The van der Waals surface area contributed by atoms with Gasteiger partial charge in [0.25, 0.3) is 11.8 Å². The van der Waals surface area contributed by atoms with Crippen LogP contribution in [0.15, 0.2) is 42.5 Å². The number of ether oxygens (including phenoxy) is 1. The topological polar surface area (TPSA) is 117 Å². The molecule has 0 bridgehead atoms. The van der Waals surface area contributed by atoms with Crippen LogP contribution in [0.5, 0.6) is 5.75 Å². The van der Waals surface area contributed by atoms with Crippen molar-refractivity contribution in [3.05, 3.63) is 65.2 Å². The Balaban J connectivity index is 2.29. The van der Waals surface area contributed by atoms with Crippen molar-refractivity contribution in [1.82, 2.24) is 10.2 Å². The maximum atomic E-state index is 13.4. The zero-order valence-electron chi connectivity index (χ0n) is 17.0. The molecule has 0 aliphatic heterocycles. The van der Waals surface area contributed by atoms with Gasteiger partial charge in [0.05, 0.1) is 11.5 Å². The molecule has 2 aromatic carbocycles. The average molecular weight is 487 g/mol. The molecule has 0 saturated heterocycles. The smallest absolute Gasteiger partial charge is 0.387 e. The van der Waals surface area contributed by atoms with Gasteiger partial charge in [-0.25, -0.2) is 17.2 Å². The lowest BCUT2D eigenvalue weighted by atomic mass is 10.2. The van der Waals surface area contributed by atoms with Crippen LogP contribution in [-0.2, 0) is 20.4 Å². The maximum absolute atomic E-state index is 13.4. The van der Waals surface area contributed by atoms with Crippen LogP contribution >= 0.6 is 0 Å². The van der Waals surface area contributed by atoms with Crippen molar-refractivity contribution in [1.29, 1.82) is 5.26 Å². The monoisotopic (exact) mass is 487 g/mol. The number of likely N-dealkylation sites (N-methyl/N-ethyl adjacent to an activating group) is 1.